The van der Waals surface area contributed by atoms with Crippen LogP contribution in [0.3, 0.4) is 0 Å². The Kier molecular flexibility index (Phi) is 6.79. The Hall–Kier alpha value is -3.68. The first-order valence-electron chi connectivity index (χ1n) is 9.55. The summed E-state index contributed by atoms with van der Waals surface area (Å²) in [7, 11) is 1.47. The molecule has 2 aromatic carbocycles. The summed E-state index contributed by atoms with van der Waals surface area (Å²) in [5, 5.41) is 7.68. The van der Waals surface area contributed by atoms with Crippen LogP contribution in [0.2, 0.25) is 0 Å². The molecule has 0 saturated carbocycles. The third-order valence-electron chi connectivity index (χ3n) is 4.47. The van der Waals surface area contributed by atoms with E-state index in [9.17, 15) is 14.4 Å². The SMILES string of the molecule is CC(OC(=O)C1=NN(C)C(=O)CC1)C(=O)Nc1ccc(OCc2ccccc2)cc1. The fourth-order valence-electron chi connectivity index (χ4n) is 2.72. The summed E-state index contributed by atoms with van der Waals surface area (Å²) in [4.78, 5) is 35.9. The number of rotatable bonds is 7. The smallest absolute Gasteiger partial charge is 0.355 e. The average molecular weight is 409 g/mol. The van der Waals surface area contributed by atoms with E-state index >= 15 is 0 Å². The molecule has 0 bridgehead atoms. The molecule has 1 atom stereocenters. The predicted octanol–water partition coefficient (Wildman–Crippen LogP) is 2.74. The normalized spacial score (nSPS) is 14.5. The standard InChI is InChI=1S/C22H23N3O5/c1-15(30-22(28)19-12-13-20(26)25(2)24-19)21(27)23-17-8-10-18(11-9-17)29-14-16-6-4-3-5-7-16/h3-11,15H,12-14H2,1-2H3,(H,23,27). The van der Waals surface area contributed by atoms with Crippen LogP contribution >= 0.6 is 0 Å². The molecule has 0 aromatic heterocycles. The minimum Gasteiger partial charge on any atom is -0.489 e. The third kappa shape index (κ3) is 5.66. The number of ether oxygens (including phenoxy) is 2. The fraction of sp³-hybridized carbons (Fsp3) is 0.273. The van der Waals surface area contributed by atoms with E-state index in [1.54, 1.807) is 24.3 Å². The van der Waals surface area contributed by atoms with Gasteiger partial charge in [0.15, 0.2) is 6.10 Å². The van der Waals surface area contributed by atoms with Crippen molar-refractivity contribution in [2.45, 2.75) is 32.5 Å². The number of hydrogen-bond donors (Lipinski definition) is 1. The number of nitrogens with one attached hydrogen (secondary N) is 1. The van der Waals surface area contributed by atoms with Gasteiger partial charge in [-0.25, -0.2) is 9.80 Å². The Balaban J connectivity index is 1.49. The molecule has 30 heavy (non-hydrogen) atoms. The molecule has 1 heterocycles. The van der Waals surface area contributed by atoms with Crippen molar-refractivity contribution in [3.05, 3.63) is 60.2 Å². The predicted molar refractivity (Wildman–Crippen MR) is 111 cm³/mol. The van der Waals surface area contributed by atoms with E-state index in [0.717, 1.165) is 10.6 Å². The first-order chi connectivity index (χ1) is 14.4. The number of benzene rings is 2. The van der Waals surface area contributed by atoms with Crippen LogP contribution in [0.5, 0.6) is 5.75 Å². The Morgan fingerprint density at radius 1 is 1.10 bits per heavy atom. The van der Waals surface area contributed by atoms with E-state index < -0.39 is 18.0 Å². The van der Waals surface area contributed by atoms with Gasteiger partial charge in [0.2, 0.25) is 5.91 Å². The van der Waals surface area contributed by atoms with Crippen LogP contribution in [0.25, 0.3) is 0 Å². The van der Waals surface area contributed by atoms with Crippen molar-refractivity contribution in [2.24, 2.45) is 5.10 Å². The molecule has 1 unspecified atom stereocenters. The molecular formula is C22H23N3O5. The van der Waals surface area contributed by atoms with Crippen molar-refractivity contribution in [3.8, 4) is 5.75 Å². The minimum absolute atomic E-state index is 0.122. The number of hydrogen-bond acceptors (Lipinski definition) is 6. The maximum Gasteiger partial charge on any atom is 0.355 e. The topological polar surface area (TPSA) is 97.3 Å². The quantitative estimate of drug-likeness (QED) is 0.709. The van der Waals surface area contributed by atoms with Crippen LogP contribution in [0, 0.1) is 0 Å². The highest BCUT2D eigenvalue weighted by molar-refractivity contribution is 6.37. The van der Waals surface area contributed by atoms with Crippen LogP contribution < -0.4 is 10.1 Å². The third-order valence-corrected chi connectivity index (χ3v) is 4.47. The van der Waals surface area contributed by atoms with Gasteiger partial charge < -0.3 is 14.8 Å². The first-order valence-corrected chi connectivity index (χ1v) is 9.55. The Labute approximate surface area is 174 Å². The van der Waals surface area contributed by atoms with E-state index in [1.807, 2.05) is 30.3 Å². The van der Waals surface area contributed by atoms with E-state index in [2.05, 4.69) is 10.4 Å². The summed E-state index contributed by atoms with van der Waals surface area (Å²) in [5.41, 5.74) is 1.73. The number of carbonyl (C=O) groups is 3. The zero-order valence-electron chi connectivity index (χ0n) is 16.8. The number of carbonyl (C=O) groups excluding carboxylic acids is 3. The summed E-state index contributed by atoms with van der Waals surface area (Å²) in [6.45, 7) is 1.92. The van der Waals surface area contributed by atoms with E-state index in [-0.39, 0.29) is 24.5 Å². The van der Waals surface area contributed by atoms with Gasteiger partial charge in [-0.05, 0) is 36.8 Å². The van der Waals surface area contributed by atoms with Crippen molar-refractivity contribution in [1.29, 1.82) is 0 Å². The van der Waals surface area contributed by atoms with E-state index in [1.165, 1.54) is 14.0 Å². The molecule has 3 rings (SSSR count). The second-order valence-corrected chi connectivity index (χ2v) is 6.80. The van der Waals surface area contributed by atoms with Gasteiger partial charge in [-0.3, -0.25) is 9.59 Å². The number of amides is 2. The summed E-state index contributed by atoms with van der Waals surface area (Å²) in [6.07, 6.45) is -0.637. The van der Waals surface area contributed by atoms with Gasteiger partial charge in [0, 0.05) is 25.6 Å². The lowest BCUT2D eigenvalue weighted by molar-refractivity contribution is -0.146. The molecule has 0 radical (unpaired) electrons. The number of esters is 1. The number of nitrogens with zero attached hydrogens (tertiary/aromatic N) is 2. The molecule has 2 aromatic rings. The van der Waals surface area contributed by atoms with Crippen LogP contribution in [-0.2, 0) is 25.7 Å². The van der Waals surface area contributed by atoms with Gasteiger partial charge in [-0.1, -0.05) is 30.3 Å². The molecule has 1 aliphatic rings. The summed E-state index contributed by atoms with van der Waals surface area (Å²) in [5.74, 6) is -0.678. The van der Waals surface area contributed by atoms with Crippen molar-refractivity contribution in [3.63, 3.8) is 0 Å². The average Bonchev–Trinajstić information content (AvgIpc) is 2.75. The monoisotopic (exact) mass is 409 g/mol. The zero-order valence-corrected chi connectivity index (χ0v) is 16.8. The highest BCUT2D eigenvalue weighted by Gasteiger charge is 2.26. The maximum atomic E-state index is 12.3. The Morgan fingerprint density at radius 2 is 1.80 bits per heavy atom. The van der Waals surface area contributed by atoms with Gasteiger partial charge in [-0.15, -0.1) is 0 Å². The minimum atomic E-state index is -1.02. The van der Waals surface area contributed by atoms with Gasteiger partial charge in [0.05, 0.1) is 0 Å². The lowest BCUT2D eigenvalue weighted by Crippen LogP contribution is -2.36. The van der Waals surface area contributed by atoms with Gasteiger partial charge in [0.1, 0.15) is 18.1 Å². The fourth-order valence-corrected chi connectivity index (χ4v) is 2.72. The largest absolute Gasteiger partial charge is 0.489 e. The molecule has 1 N–H and O–H groups in total. The molecule has 0 spiro atoms. The number of hydrazone groups is 1. The highest BCUT2D eigenvalue weighted by atomic mass is 16.5. The van der Waals surface area contributed by atoms with Crippen LogP contribution in [-0.4, -0.2) is 41.7 Å². The highest BCUT2D eigenvalue weighted by Crippen LogP contribution is 2.18. The van der Waals surface area contributed by atoms with Crippen molar-refractivity contribution < 1.29 is 23.9 Å². The van der Waals surface area contributed by atoms with Crippen LogP contribution in [0.1, 0.15) is 25.3 Å². The molecule has 8 heteroatoms. The summed E-state index contributed by atoms with van der Waals surface area (Å²) >= 11 is 0. The summed E-state index contributed by atoms with van der Waals surface area (Å²) < 4.78 is 10.9. The molecule has 0 aliphatic carbocycles. The van der Waals surface area contributed by atoms with Crippen LogP contribution in [0.15, 0.2) is 59.7 Å². The van der Waals surface area contributed by atoms with Crippen molar-refractivity contribution in [1.82, 2.24) is 5.01 Å². The molecule has 2 amide bonds. The van der Waals surface area contributed by atoms with E-state index in [0.29, 0.717) is 18.0 Å². The molecule has 156 valence electrons. The van der Waals surface area contributed by atoms with Crippen molar-refractivity contribution in [2.75, 3.05) is 12.4 Å². The lowest BCUT2D eigenvalue weighted by atomic mass is 10.2. The second kappa shape index (κ2) is 9.69. The molecule has 8 nitrogen and oxygen atoms in total. The molecular weight excluding hydrogens is 386 g/mol. The lowest BCUT2D eigenvalue weighted by Gasteiger charge is -2.20. The maximum absolute atomic E-state index is 12.3. The van der Waals surface area contributed by atoms with E-state index in [4.69, 9.17) is 9.47 Å². The second-order valence-electron chi connectivity index (χ2n) is 6.80. The van der Waals surface area contributed by atoms with Gasteiger partial charge >= 0.3 is 5.97 Å². The first kappa shape index (κ1) is 21.0. The molecule has 0 saturated heterocycles. The molecule has 1 aliphatic heterocycles. The van der Waals surface area contributed by atoms with Crippen molar-refractivity contribution >= 4 is 29.2 Å². The number of anilines is 1. The van der Waals surface area contributed by atoms with Gasteiger partial charge in [-0.2, -0.15) is 5.10 Å². The molecule has 0 fully saturated rings. The van der Waals surface area contributed by atoms with Gasteiger partial charge in [0.25, 0.3) is 5.91 Å². The summed E-state index contributed by atoms with van der Waals surface area (Å²) in [6, 6.07) is 16.7. The Morgan fingerprint density at radius 3 is 2.47 bits per heavy atom. The van der Waals surface area contributed by atoms with Crippen LogP contribution in [0.4, 0.5) is 5.69 Å². The Bertz CT molecular complexity index is 941. The zero-order chi connectivity index (χ0) is 21.5.